The van der Waals surface area contributed by atoms with E-state index in [1.54, 1.807) is 0 Å². The molecule has 0 bridgehead atoms. The van der Waals surface area contributed by atoms with E-state index in [0.29, 0.717) is 5.92 Å². The molecule has 0 heterocycles. The Hall–Kier alpha value is 0.137. The first-order valence-electron chi connectivity index (χ1n) is 12.9. The molecule has 0 aliphatic carbocycles. The molecule has 0 aromatic carbocycles. The lowest BCUT2D eigenvalue weighted by Gasteiger charge is -2.30. The maximum absolute atomic E-state index is 6.35. The van der Waals surface area contributed by atoms with Crippen LogP contribution in [0.4, 0.5) is 0 Å². The fourth-order valence-corrected chi connectivity index (χ4v) is 6.17. The molecular weight excluding hydrogens is 360 g/mol. The summed E-state index contributed by atoms with van der Waals surface area (Å²) in [6.45, 7) is 13.1. The first kappa shape index (κ1) is 28.1. The van der Waals surface area contributed by atoms with Crippen molar-refractivity contribution in [2.75, 3.05) is 13.2 Å². The highest BCUT2D eigenvalue weighted by molar-refractivity contribution is 6.67. The third-order valence-electron chi connectivity index (χ3n) is 6.27. The fourth-order valence-electron chi connectivity index (χ4n) is 3.67. The minimum Gasteiger partial charge on any atom is -0.394 e. The standard InChI is InChI=1S/C25H54O2Si/c1-6-10-11-12-13-14-15-16-17-18-19-20-21-22-23-26-28(8-3,9-4)27-24-25(5)7-2/h25H,6-24H2,1-5H3. The third-order valence-corrected chi connectivity index (χ3v) is 9.85. The predicted molar refractivity (Wildman–Crippen MR) is 128 cm³/mol. The molecule has 0 aliphatic rings. The number of rotatable bonds is 22. The average Bonchev–Trinajstić information content (AvgIpc) is 2.73. The quantitative estimate of drug-likeness (QED) is 0.130. The van der Waals surface area contributed by atoms with Gasteiger partial charge in [0.1, 0.15) is 0 Å². The van der Waals surface area contributed by atoms with E-state index in [-0.39, 0.29) is 0 Å². The Kier molecular flexibility index (Phi) is 20.5. The average molecular weight is 415 g/mol. The van der Waals surface area contributed by atoms with Gasteiger partial charge in [-0.15, -0.1) is 0 Å². The first-order valence-corrected chi connectivity index (χ1v) is 15.1. The van der Waals surface area contributed by atoms with Gasteiger partial charge < -0.3 is 8.85 Å². The van der Waals surface area contributed by atoms with Gasteiger partial charge in [0, 0.05) is 13.2 Å². The zero-order valence-electron chi connectivity index (χ0n) is 20.3. The van der Waals surface area contributed by atoms with Crippen molar-refractivity contribution in [3.05, 3.63) is 0 Å². The highest BCUT2D eigenvalue weighted by Gasteiger charge is 2.33. The second kappa shape index (κ2) is 20.4. The summed E-state index contributed by atoms with van der Waals surface area (Å²) in [7, 11) is -1.93. The van der Waals surface area contributed by atoms with Crippen LogP contribution in [0.1, 0.15) is 131 Å². The highest BCUT2D eigenvalue weighted by atomic mass is 28.4. The minimum atomic E-state index is -1.93. The topological polar surface area (TPSA) is 18.5 Å². The second-order valence-electron chi connectivity index (χ2n) is 8.89. The molecule has 170 valence electrons. The molecule has 0 fully saturated rings. The van der Waals surface area contributed by atoms with Crippen LogP contribution >= 0.6 is 0 Å². The molecule has 1 unspecified atom stereocenters. The molecule has 0 aromatic heterocycles. The lowest BCUT2D eigenvalue weighted by Crippen LogP contribution is -2.42. The second-order valence-corrected chi connectivity index (χ2v) is 12.7. The van der Waals surface area contributed by atoms with Gasteiger partial charge in [-0.2, -0.15) is 0 Å². The van der Waals surface area contributed by atoms with Crippen molar-refractivity contribution in [2.45, 2.75) is 143 Å². The highest BCUT2D eigenvalue weighted by Crippen LogP contribution is 2.21. The molecule has 0 spiro atoms. The number of unbranched alkanes of at least 4 members (excludes halogenated alkanes) is 13. The summed E-state index contributed by atoms with van der Waals surface area (Å²) >= 11 is 0. The molecule has 0 amide bonds. The van der Waals surface area contributed by atoms with Gasteiger partial charge in [0.2, 0.25) is 0 Å². The summed E-state index contributed by atoms with van der Waals surface area (Å²) in [5, 5.41) is 0. The Labute approximate surface area is 179 Å². The molecule has 0 saturated heterocycles. The van der Waals surface area contributed by atoms with Crippen molar-refractivity contribution >= 4 is 8.56 Å². The van der Waals surface area contributed by atoms with E-state index in [1.165, 1.54) is 96.3 Å². The third kappa shape index (κ3) is 16.0. The molecule has 0 aliphatic heterocycles. The van der Waals surface area contributed by atoms with Gasteiger partial charge in [-0.1, -0.05) is 125 Å². The van der Waals surface area contributed by atoms with E-state index in [4.69, 9.17) is 8.85 Å². The van der Waals surface area contributed by atoms with E-state index in [2.05, 4.69) is 34.6 Å². The van der Waals surface area contributed by atoms with Crippen LogP contribution in [0.15, 0.2) is 0 Å². The van der Waals surface area contributed by atoms with Crippen LogP contribution in [0.25, 0.3) is 0 Å². The minimum absolute atomic E-state index is 0.648. The van der Waals surface area contributed by atoms with E-state index in [9.17, 15) is 0 Å². The van der Waals surface area contributed by atoms with Crippen LogP contribution in [0.2, 0.25) is 12.1 Å². The lowest BCUT2D eigenvalue weighted by atomic mass is 10.0. The molecule has 1 atom stereocenters. The largest absolute Gasteiger partial charge is 0.394 e. The van der Waals surface area contributed by atoms with Crippen molar-refractivity contribution in [1.82, 2.24) is 0 Å². The van der Waals surface area contributed by atoms with E-state index in [0.717, 1.165) is 25.3 Å². The Balaban J connectivity index is 3.51. The van der Waals surface area contributed by atoms with Crippen LogP contribution < -0.4 is 0 Å². The van der Waals surface area contributed by atoms with Crippen molar-refractivity contribution in [3.8, 4) is 0 Å². The molecule has 2 nitrogen and oxygen atoms in total. The van der Waals surface area contributed by atoms with Gasteiger partial charge in [0.05, 0.1) is 0 Å². The molecule has 0 rings (SSSR count). The summed E-state index contributed by atoms with van der Waals surface area (Å²) in [5.41, 5.74) is 0. The molecule has 3 heteroatoms. The predicted octanol–water partition coefficient (Wildman–Crippen LogP) is 9.03. The van der Waals surface area contributed by atoms with Gasteiger partial charge in [-0.3, -0.25) is 0 Å². The van der Waals surface area contributed by atoms with Crippen molar-refractivity contribution in [3.63, 3.8) is 0 Å². The molecule has 28 heavy (non-hydrogen) atoms. The van der Waals surface area contributed by atoms with Gasteiger partial charge >= 0.3 is 8.56 Å². The molecule has 0 aromatic rings. The monoisotopic (exact) mass is 414 g/mol. The Morgan fingerprint density at radius 3 is 1.39 bits per heavy atom. The maximum Gasteiger partial charge on any atom is 0.337 e. The SMILES string of the molecule is CCCCCCCCCCCCCCCCO[Si](CC)(CC)OCC(C)CC. The van der Waals surface area contributed by atoms with Gasteiger partial charge in [-0.05, 0) is 24.4 Å². The van der Waals surface area contributed by atoms with Gasteiger partial charge in [-0.25, -0.2) is 0 Å². The molecular formula is C25H54O2Si. The number of hydrogen-bond donors (Lipinski definition) is 0. The Morgan fingerprint density at radius 1 is 0.571 bits per heavy atom. The summed E-state index contributed by atoms with van der Waals surface area (Å²) in [6, 6.07) is 2.16. The van der Waals surface area contributed by atoms with Crippen LogP contribution in [-0.2, 0) is 8.85 Å². The molecule has 0 radical (unpaired) electrons. The smallest absolute Gasteiger partial charge is 0.337 e. The molecule has 0 saturated carbocycles. The maximum atomic E-state index is 6.35. The zero-order valence-corrected chi connectivity index (χ0v) is 21.3. The van der Waals surface area contributed by atoms with Crippen molar-refractivity contribution < 1.29 is 8.85 Å². The van der Waals surface area contributed by atoms with Crippen LogP contribution in [0, 0.1) is 5.92 Å². The van der Waals surface area contributed by atoms with Crippen LogP contribution in [0.3, 0.4) is 0 Å². The fraction of sp³-hybridized carbons (Fsp3) is 1.00. The van der Waals surface area contributed by atoms with Crippen molar-refractivity contribution in [2.24, 2.45) is 5.92 Å². The lowest BCUT2D eigenvalue weighted by molar-refractivity contribution is 0.145. The van der Waals surface area contributed by atoms with Crippen molar-refractivity contribution in [1.29, 1.82) is 0 Å². The van der Waals surface area contributed by atoms with Gasteiger partial charge in [0.15, 0.2) is 0 Å². The van der Waals surface area contributed by atoms with Crippen LogP contribution in [-0.4, -0.2) is 21.8 Å². The molecule has 0 N–H and O–H groups in total. The van der Waals surface area contributed by atoms with Crippen LogP contribution in [0.5, 0.6) is 0 Å². The summed E-state index contributed by atoms with van der Waals surface area (Å²) in [6.07, 6.45) is 20.9. The van der Waals surface area contributed by atoms with E-state index < -0.39 is 8.56 Å². The first-order chi connectivity index (χ1) is 13.6. The summed E-state index contributed by atoms with van der Waals surface area (Å²) in [4.78, 5) is 0. The van der Waals surface area contributed by atoms with E-state index >= 15 is 0 Å². The number of hydrogen-bond acceptors (Lipinski definition) is 2. The summed E-state index contributed by atoms with van der Waals surface area (Å²) in [5.74, 6) is 0.648. The Morgan fingerprint density at radius 2 is 1.00 bits per heavy atom. The van der Waals surface area contributed by atoms with Gasteiger partial charge in [0.25, 0.3) is 0 Å². The summed E-state index contributed by atoms with van der Waals surface area (Å²) < 4.78 is 12.7. The zero-order chi connectivity index (χ0) is 20.9. The Bertz CT molecular complexity index is 305. The normalized spacial score (nSPS) is 13.2. The van der Waals surface area contributed by atoms with E-state index in [1.807, 2.05) is 0 Å².